The lowest BCUT2D eigenvalue weighted by atomic mass is 10.2. The minimum absolute atomic E-state index is 0.158. The Morgan fingerprint density at radius 2 is 1.52 bits per heavy atom. The number of halogens is 1. The molecule has 3 aromatic carbocycles. The summed E-state index contributed by atoms with van der Waals surface area (Å²) in [7, 11) is 1.60. The van der Waals surface area contributed by atoms with Crippen LogP contribution in [-0.2, 0) is 0 Å². The highest BCUT2D eigenvalue weighted by molar-refractivity contribution is 9.10. The topological polar surface area (TPSA) is 50.4 Å². The molecule has 25 heavy (non-hydrogen) atoms. The Balaban J connectivity index is 1.65. The molecule has 0 heterocycles. The summed E-state index contributed by atoms with van der Waals surface area (Å²) < 4.78 is 6.09. The van der Waals surface area contributed by atoms with Crippen molar-refractivity contribution in [3.8, 4) is 5.75 Å². The van der Waals surface area contributed by atoms with Crippen molar-refractivity contribution in [2.75, 3.05) is 17.7 Å². The van der Waals surface area contributed by atoms with E-state index in [-0.39, 0.29) is 5.91 Å². The third kappa shape index (κ3) is 4.39. The molecule has 0 aromatic heterocycles. The van der Waals surface area contributed by atoms with Gasteiger partial charge in [0.2, 0.25) is 0 Å². The molecule has 5 heteroatoms. The summed E-state index contributed by atoms with van der Waals surface area (Å²) in [6, 6.07) is 22.5. The van der Waals surface area contributed by atoms with Gasteiger partial charge in [-0.2, -0.15) is 0 Å². The summed E-state index contributed by atoms with van der Waals surface area (Å²) >= 11 is 3.51. The Morgan fingerprint density at radius 3 is 2.16 bits per heavy atom. The van der Waals surface area contributed by atoms with E-state index < -0.39 is 0 Å². The summed E-state index contributed by atoms with van der Waals surface area (Å²) in [4.78, 5) is 12.3. The fourth-order valence-electron chi connectivity index (χ4n) is 2.30. The summed E-state index contributed by atoms with van der Waals surface area (Å²) in [5, 5.41) is 6.20. The molecule has 0 bridgehead atoms. The number of carbonyl (C=O) groups is 1. The molecule has 0 radical (unpaired) electrons. The van der Waals surface area contributed by atoms with Crippen LogP contribution in [0.25, 0.3) is 0 Å². The smallest absolute Gasteiger partial charge is 0.255 e. The zero-order valence-electron chi connectivity index (χ0n) is 13.6. The highest BCUT2D eigenvalue weighted by atomic mass is 79.9. The van der Waals surface area contributed by atoms with Gasteiger partial charge in [-0.25, -0.2) is 0 Å². The van der Waals surface area contributed by atoms with Crippen LogP contribution in [0.5, 0.6) is 5.75 Å². The molecule has 3 aromatic rings. The summed E-state index contributed by atoms with van der Waals surface area (Å²) in [6.45, 7) is 0. The van der Waals surface area contributed by atoms with Crippen LogP contribution in [0.2, 0.25) is 0 Å². The van der Waals surface area contributed by atoms with Crippen LogP contribution >= 0.6 is 15.9 Å². The number of anilines is 3. The first-order chi connectivity index (χ1) is 12.2. The fourth-order valence-corrected chi connectivity index (χ4v) is 2.68. The average molecular weight is 397 g/mol. The van der Waals surface area contributed by atoms with E-state index >= 15 is 0 Å². The highest BCUT2D eigenvalue weighted by Gasteiger charge is 2.06. The molecule has 126 valence electrons. The van der Waals surface area contributed by atoms with E-state index in [0.717, 1.165) is 27.3 Å². The molecule has 2 N–H and O–H groups in total. The monoisotopic (exact) mass is 396 g/mol. The van der Waals surface area contributed by atoms with Crippen molar-refractivity contribution >= 4 is 38.9 Å². The average Bonchev–Trinajstić information content (AvgIpc) is 2.65. The largest absolute Gasteiger partial charge is 0.497 e. The third-order valence-electron chi connectivity index (χ3n) is 3.65. The molecule has 0 atom stereocenters. The minimum Gasteiger partial charge on any atom is -0.497 e. The van der Waals surface area contributed by atoms with E-state index in [0.29, 0.717) is 5.56 Å². The van der Waals surface area contributed by atoms with Crippen molar-refractivity contribution in [2.45, 2.75) is 0 Å². The first-order valence-corrected chi connectivity index (χ1v) is 8.52. The molecule has 1 amide bonds. The van der Waals surface area contributed by atoms with E-state index in [1.165, 1.54) is 0 Å². The first-order valence-electron chi connectivity index (χ1n) is 7.73. The van der Waals surface area contributed by atoms with E-state index in [4.69, 9.17) is 4.74 Å². The standard InChI is InChI=1S/C20H17BrN2O2/c1-25-17-12-6-14(7-13-17)20(24)23-16-10-8-15(9-11-16)22-19-5-3-2-4-18(19)21/h2-13,22H,1H3,(H,23,24). The van der Waals surface area contributed by atoms with Crippen molar-refractivity contribution in [3.05, 3.63) is 82.8 Å². The van der Waals surface area contributed by atoms with Gasteiger partial charge in [0.1, 0.15) is 5.75 Å². The maximum Gasteiger partial charge on any atom is 0.255 e. The molecule has 3 rings (SSSR count). The van der Waals surface area contributed by atoms with E-state index in [9.17, 15) is 4.79 Å². The number of ether oxygens (including phenoxy) is 1. The number of amides is 1. The molecule has 0 aliphatic carbocycles. The van der Waals surface area contributed by atoms with Gasteiger partial charge in [-0.3, -0.25) is 4.79 Å². The quantitative estimate of drug-likeness (QED) is 0.602. The minimum atomic E-state index is -0.158. The predicted molar refractivity (Wildman–Crippen MR) is 105 cm³/mol. The molecule has 0 unspecified atom stereocenters. The second-order valence-corrected chi connectivity index (χ2v) is 6.22. The molecular formula is C20H17BrN2O2. The normalized spacial score (nSPS) is 10.2. The zero-order chi connectivity index (χ0) is 17.6. The van der Waals surface area contributed by atoms with Gasteiger partial charge in [-0.05, 0) is 76.6 Å². The molecule has 4 nitrogen and oxygen atoms in total. The van der Waals surface area contributed by atoms with E-state index in [1.807, 2.05) is 48.5 Å². The van der Waals surface area contributed by atoms with Crippen molar-refractivity contribution in [3.63, 3.8) is 0 Å². The molecule has 0 fully saturated rings. The van der Waals surface area contributed by atoms with E-state index in [1.54, 1.807) is 31.4 Å². The number of para-hydroxylation sites is 1. The van der Waals surface area contributed by atoms with Gasteiger partial charge in [0.15, 0.2) is 0 Å². The van der Waals surface area contributed by atoms with Crippen LogP contribution in [0.1, 0.15) is 10.4 Å². The predicted octanol–water partition coefficient (Wildman–Crippen LogP) is 5.45. The Labute approximate surface area is 155 Å². The summed E-state index contributed by atoms with van der Waals surface area (Å²) in [5.41, 5.74) is 3.24. The van der Waals surface area contributed by atoms with Crippen LogP contribution in [-0.4, -0.2) is 13.0 Å². The highest BCUT2D eigenvalue weighted by Crippen LogP contribution is 2.26. The van der Waals surface area contributed by atoms with Crippen molar-refractivity contribution < 1.29 is 9.53 Å². The van der Waals surface area contributed by atoms with Gasteiger partial charge in [-0.15, -0.1) is 0 Å². The van der Waals surface area contributed by atoms with Crippen molar-refractivity contribution in [1.82, 2.24) is 0 Å². The summed E-state index contributed by atoms with van der Waals surface area (Å²) in [6.07, 6.45) is 0. The molecule has 0 aliphatic heterocycles. The first kappa shape index (κ1) is 17.0. The fraction of sp³-hybridized carbons (Fsp3) is 0.0500. The third-order valence-corrected chi connectivity index (χ3v) is 4.34. The number of rotatable bonds is 5. The number of nitrogens with one attached hydrogen (secondary N) is 2. The maximum atomic E-state index is 12.3. The Bertz CT molecular complexity index is 862. The number of benzene rings is 3. The van der Waals surface area contributed by atoms with E-state index in [2.05, 4.69) is 26.6 Å². The zero-order valence-corrected chi connectivity index (χ0v) is 15.2. The van der Waals surface area contributed by atoms with Crippen molar-refractivity contribution in [2.24, 2.45) is 0 Å². The lowest BCUT2D eigenvalue weighted by Gasteiger charge is -2.10. The lowest BCUT2D eigenvalue weighted by molar-refractivity contribution is 0.102. The second kappa shape index (κ2) is 7.85. The Morgan fingerprint density at radius 1 is 0.880 bits per heavy atom. The van der Waals surface area contributed by atoms with Gasteiger partial charge in [0.25, 0.3) is 5.91 Å². The second-order valence-electron chi connectivity index (χ2n) is 5.36. The number of hydrogen-bond acceptors (Lipinski definition) is 3. The van der Waals surface area contributed by atoms with Gasteiger partial charge < -0.3 is 15.4 Å². The molecule has 0 saturated carbocycles. The van der Waals surface area contributed by atoms with Gasteiger partial charge in [0, 0.05) is 21.4 Å². The van der Waals surface area contributed by atoms with Crippen LogP contribution in [0.3, 0.4) is 0 Å². The number of hydrogen-bond donors (Lipinski definition) is 2. The van der Waals surface area contributed by atoms with Crippen LogP contribution in [0.4, 0.5) is 17.1 Å². The SMILES string of the molecule is COc1ccc(C(=O)Nc2ccc(Nc3ccccc3Br)cc2)cc1. The van der Waals surface area contributed by atoms with Gasteiger partial charge in [0.05, 0.1) is 12.8 Å². The Kier molecular flexibility index (Phi) is 5.36. The Hall–Kier alpha value is -2.79. The maximum absolute atomic E-state index is 12.3. The molecule has 0 spiro atoms. The van der Waals surface area contributed by atoms with Gasteiger partial charge in [-0.1, -0.05) is 12.1 Å². The number of carbonyl (C=O) groups excluding carboxylic acids is 1. The van der Waals surface area contributed by atoms with Crippen LogP contribution in [0, 0.1) is 0 Å². The molecule has 0 saturated heterocycles. The van der Waals surface area contributed by atoms with Gasteiger partial charge >= 0.3 is 0 Å². The lowest BCUT2D eigenvalue weighted by Crippen LogP contribution is -2.11. The number of methoxy groups -OCH3 is 1. The van der Waals surface area contributed by atoms with Crippen LogP contribution < -0.4 is 15.4 Å². The summed E-state index contributed by atoms with van der Waals surface area (Å²) in [5.74, 6) is 0.563. The molecule has 0 aliphatic rings. The molecular weight excluding hydrogens is 380 g/mol. The van der Waals surface area contributed by atoms with Crippen LogP contribution in [0.15, 0.2) is 77.3 Å². The van der Waals surface area contributed by atoms with Crippen molar-refractivity contribution in [1.29, 1.82) is 0 Å².